The summed E-state index contributed by atoms with van der Waals surface area (Å²) in [7, 11) is -3.58. The number of aryl methyl sites for hydroxylation is 1. The van der Waals surface area contributed by atoms with Gasteiger partial charge >= 0.3 is 0 Å². The quantitative estimate of drug-likeness (QED) is 0.554. The third-order valence-electron chi connectivity index (χ3n) is 3.49. The second-order valence-electron chi connectivity index (χ2n) is 4.87. The molecule has 6 heteroatoms. The minimum absolute atomic E-state index is 0.285. The molecule has 0 spiro atoms. The van der Waals surface area contributed by atoms with Crippen LogP contribution in [0, 0.1) is 0 Å². The number of halogens is 2. The predicted octanol–water partition coefficient (Wildman–Crippen LogP) is 4.58. The van der Waals surface area contributed by atoms with Crippen molar-refractivity contribution in [3.05, 3.63) is 64.8 Å². The van der Waals surface area contributed by atoms with Gasteiger partial charge in [0.1, 0.15) is 0 Å². The van der Waals surface area contributed by atoms with Crippen molar-refractivity contribution in [3.8, 4) is 0 Å². The Balaban J connectivity index is 2.19. The number of alkyl halides is 1. The van der Waals surface area contributed by atoms with Gasteiger partial charge in [0.05, 0.1) is 10.4 Å². The zero-order valence-corrected chi connectivity index (χ0v) is 15.5. The van der Waals surface area contributed by atoms with Crippen LogP contribution in [-0.2, 0) is 16.4 Å². The Labute approximate surface area is 146 Å². The summed E-state index contributed by atoms with van der Waals surface area (Å²) in [6.45, 7) is 0. The van der Waals surface area contributed by atoms with Gasteiger partial charge in [-0.2, -0.15) is 0 Å². The maximum absolute atomic E-state index is 12.8. The Kier molecular flexibility index (Phi) is 4.43. The second-order valence-corrected chi connectivity index (χ2v) is 8.33. The van der Waals surface area contributed by atoms with Crippen LogP contribution in [0.4, 0.5) is 0 Å². The summed E-state index contributed by atoms with van der Waals surface area (Å²) in [4.78, 5) is 0.285. The highest BCUT2D eigenvalue weighted by atomic mass is 79.9. The van der Waals surface area contributed by atoms with Gasteiger partial charge in [0, 0.05) is 21.4 Å². The molecular formula is C16H13Br2NO2S. The highest BCUT2D eigenvalue weighted by Crippen LogP contribution is 2.28. The lowest BCUT2D eigenvalue weighted by molar-refractivity contribution is 0.589. The molecule has 3 rings (SSSR count). The number of benzene rings is 2. The van der Waals surface area contributed by atoms with Crippen molar-refractivity contribution in [3.63, 3.8) is 0 Å². The van der Waals surface area contributed by atoms with E-state index >= 15 is 0 Å². The standard InChI is InChI=1S/C16H13Br2NO2S/c17-8-6-12-10-13-7-9-19(16(13)11-15(12)18)22(20,21)14-4-2-1-3-5-14/h1-5,7,9-11H,6,8H2. The molecule has 3 aromatic rings. The van der Waals surface area contributed by atoms with Gasteiger partial charge in [0.2, 0.25) is 0 Å². The van der Waals surface area contributed by atoms with E-state index in [0.29, 0.717) is 5.52 Å². The van der Waals surface area contributed by atoms with E-state index in [1.165, 1.54) is 3.97 Å². The fraction of sp³-hybridized carbons (Fsp3) is 0.125. The SMILES string of the molecule is O=S(=O)(c1ccccc1)n1ccc2cc(CCBr)c(Br)cc21. The molecule has 0 atom stereocenters. The Bertz CT molecular complexity index is 918. The van der Waals surface area contributed by atoms with E-state index < -0.39 is 10.0 Å². The molecule has 0 radical (unpaired) electrons. The first-order chi connectivity index (χ1) is 10.5. The van der Waals surface area contributed by atoms with Crippen molar-refractivity contribution < 1.29 is 8.42 Å². The Morgan fingerprint density at radius 2 is 1.77 bits per heavy atom. The summed E-state index contributed by atoms with van der Waals surface area (Å²) in [5, 5.41) is 1.78. The fourth-order valence-electron chi connectivity index (χ4n) is 2.39. The summed E-state index contributed by atoms with van der Waals surface area (Å²) in [5.74, 6) is 0. The molecule has 1 aromatic heterocycles. The molecule has 0 N–H and O–H groups in total. The second kappa shape index (κ2) is 6.18. The van der Waals surface area contributed by atoms with Crippen molar-refractivity contribution in [2.45, 2.75) is 11.3 Å². The molecule has 2 aromatic carbocycles. The van der Waals surface area contributed by atoms with Crippen LogP contribution in [0.15, 0.2) is 64.1 Å². The van der Waals surface area contributed by atoms with Crippen molar-refractivity contribution in [1.29, 1.82) is 0 Å². The number of rotatable bonds is 4. The van der Waals surface area contributed by atoms with E-state index in [9.17, 15) is 8.42 Å². The number of fused-ring (bicyclic) bond motifs is 1. The van der Waals surface area contributed by atoms with E-state index in [2.05, 4.69) is 31.9 Å². The fourth-order valence-corrected chi connectivity index (χ4v) is 4.71. The molecule has 0 bridgehead atoms. The van der Waals surface area contributed by atoms with E-state index in [1.54, 1.807) is 36.5 Å². The maximum Gasteiger partial charge on any atom is 0.268 e. The first-order valence-electron chi connectivity index (χ1n) is 6.70. The van der Waals surface area contributed by atoms with Crippen LogP contribution in [0.1, 0.15) is 5.56 Å². The van der Waals surface area contributed by atoms with Gasteiger partial charge in [-0.25, -0.2) is 12.4 Å². The number of nitrogens with zero attached hydrogens (tertiary/aromatic N) is 1. The zero-order valence-electron chi connectivity index (χ0n) is 11.5. The topological polar surface area (TPSA) is 39.1 Å². The highest BCUT2D eigenvalue weighted by molar-refractivity contribution is 9.10. The molecule has 22 heavy (non-hydrogen) atoms. The average Bonchev–Trinajstić information content (AvgIpc) is 2.92. The Morgan fingerprint density at radius 3 is 2.45 bits per heavy atom. The average molecular weight is 443 g/mol. The summed E-state index contributed by atoms with van der Waals surface area (Å²) in [6.07, 6.45) is 2.49. The number of hydrogen-bond donors (Lipinski definition) is 0. The summed E-state index contributed by atoms with van der Waals surface area (Å²) in [6, 6.07) is 14.2. The van der Waals surface area contributed by atoms with Gasteiger partial charge < -0.3 is 0 Å². The van der Waals surface area contributed by atoms with Crippen LogP contribution < -0.4 is 0 Å². The maximum atomic E-state index is 12.8. The van der Waals surface area contributed by atoms with Crippen LogP contribution in [0.25, 0.3) is 10.9 Å². The van der Waals surface area contributed by atoms with E-state index in [1.807, 2.05) is 18.2 Å². The molecule has 114 valence electrons. The van der Waals surface area contributed by atoms with Gasteiger partial charge in [0.15, 0.2) is 0 Å². The predicted molar refractivity (Wildman–Crippen MR) is 96.2 cm³/mol. The molecule has 0 fully saturated rings. The van der Waals surface area contributed by atoms with Crippen molar-refractivity contribution in [2.75, 3.05) is 5.33 Å². The molecule has 0 amide bonds. The summed E-state index contributed by atoms with van der Waals surface area (Å²) in [5.41, 5.74) is 1.83. The molecule has 0 aliphatic carbocycles. The Morgan fingerprint density at radius 1 is 1.05 bits per heavy atom. The smallest absolute Gasteiger partial charge is 0.241 e. The molecule has 3 nitrogen and oxygen atoms in total. The van der Waals surface area contributed by atoms with Gasteiger partial charge in [-0.15, -0.1) is 0 Å². The zero-order chi connectivity index (χ0) is 15.7. The highest BCUT2D eigenvalue weighted by Gasteiger charge is 2.19. The normalized spacial score (nSPS) is 11.9. The summed E-state index contributed by atoms with van der Waals surface area (Å²) < 4.78 is 27.8. The minimum atomic E-state index is -3.58. The van der Waals surface area contributed by atoms with Crippen LogP contribution in [0.3, 0.4) is 0 Å². The summed E-state index contributed by atoms with van der Waals surface area (Å²) >= 11 is 6.96. The Hall–Kier alpha value is -1.11. The molecule has 0 aliphatic rings. The molecule has 0 aliphatic heterocycles. The number of hydrogen-bond acceptors (Lipinski definition) is 2. The molecule has 0 saturated heterocycles. The first-order valence-corrected chi connectivity index (χ1v) is 10.1. The van der Waals surface area contributed by atoms with E-state index in [-0.39, 0.29) is 4.90 Å². The van der Waals surface area contributed by atoms with Gasteiger partial charge in [-0.05, 0) is 42.3 Å². The van der Waals surface area contributed by atoms with Gasteiger partial charge in [-0.3, -0.25) is 0 Å². The van der Waals surface area contributed by atoms with Crippen LogP contribution >= 0.6 is 31.9 Å². The molecular weight excluding hydrogens is 430 g/mol. The molecule has 1 heterocycles. The van der Waals surface area contributed by atoms with Gasteiger partial charge in [0.25, 0.3) is 10.0 Å². The van der Waals surface area contributed by atoms with Crippen molar-refractivity contribution in [1.82, 2.24) is 3.97 Å². The monoisotopic (exact) mass is 441 g/mol. The van der Waals surface area contributed by atoms with Crippen LogP contribution in [-0.4, -0.2) is 17.7 Å². The lowest BCUT2D eigenvalue weighted by Gasteiger charge is -2.09. The first kappa shape index (κ1) is 15.8. The van der Waals surface area contributed by atoms with Crippen molar-refractivity contribution >= 4 is 52.8 Å². The van der Waals surface area contributed by atoms with E-state index in [4.69, 9.17) is 0 Å². The lowest BCUT2D eigenvalue weighted by atomic mass is 10.1. The lowest BCUT2D eigenvalue weighted by Crippen LogP contribution is -2.11. The molecule has 0 saturated carbocycles. The minimum Gasteiger partial charge on any atom is -0.241 e. The third kappa shape index (κ3) is 2.75. The van der Waals surface area contributed by atoms with E-state index in [0.717, 1.165) is 27.2 Å². The third-order valence-corrected chi connectivity index (χ3v) is 6.33. The number of aromatic nitrogens is 1. The molecule has 0 unspecified atom stereocenters. The van der Waals surface area contributed by atoms with Crippen LogP contribution in [0.5, 0.6) is 0 Å². The largest absolute Gasteiger partial charge is 0.268 e. The van der Waals surface area contributed by atoms with Gasteiger partial charge in [-0.1, -0.05) is 50.1 Å². The van der Waals surface area contributed by atoms with Crippen molar-refractivity contribution in [2.24, 2.45) is 0 Å². The van der Waals surface area contributed by atoms with Crippen LogP contribution in [0.2, 0.25) is 0 Å².